The second kappa shape index (κ2) is 6.29. The van der Waals surface area contributed by atoms with Gasteiger partial charge in [0.2, 0.25) is 5.91 Å². The van der Waals surface area contributed by atoms with Gasteiger partial charge in [-0.15, -0.1) is 0 Å². The zero-order valence-electron chi connectivity index (χ0n) is 13.4. The number of thiazole rings is 1. The van der Waals surface area contributed by atoms with Crippen LogP contribution in [-0.4, -0.2) is 48.1 Å². The van der Waals surface area contributed by atoms with Gasteiger partial charge in [-0.05, 0) is 24.6 Å². The van der Waals surface area contributed by atoms with Gasteiger partial charge in [0, 0.05) is 13.6 Å². The summed E-state index contributed by atoms with van der Waals surface area (Å²) in [5.74, 6) is -0.667. The molecule has 1 aromatic heterocycles. The molecule has 26 heavy (non-hydrogen) atoms. The molecule has 0 bridgehead atoms. The lowest BCUT2D eigenvalue weighted by Crippen LogP contribution is -2.42. The Morgan fingerprint density at radius 3 is 2.58 bits per heavy atom. The Morgan fingerprint density at radius 1 is 1.27 bits per heavy atom. The largest absolute Gasteiger partial charge is 0.416 e. The van der Waals surface area contributed by atoms with Crippen molar-refractivity contribution >= 4 is 32.6 Å². The average Bonchev–Trinajstić information content (AvgIpc) is 3.08. The number of hydrogen-bond acceptors (Lipinski definition) is 4. The van der Waals surface area contributed by atoms with Crippen molar-refractivity contribution in [1.29, 1.82) is 0 Å². The number of nitrogens with zero attached hydrogens (tertiary/aromatic N) is 3. The first-order chi connectivity index (χ1) is 12.0. The maximum absolute atomic E-state index is 12.8. The third kappa shape index (κ3) is 3.71. The van der Waals surface area contributed by atoms with Crippen LogP contribution in [0.25, 0.3) is 10.2 Å². The van der Waals surface area contributed by atoms with Gasteiger partial charge in [-0.1, -0.05) is 11.3 Å². The SMILES string of the molecule is CN(c1nc2cc(C(F)(F)F)ccc2s1)C1CCN(CC(F)(F)F)C1=O. The number of carbonyl (C=O) groups excluding carboxylic acids is 1. The molecular weight excluding hydrogens is 384 g/mol. The topological polar surface area (TPSA) is 36.4 Å². The Bertz CT molecular complexity index is 831. The lowest BCUT2D eigenvalue weighted by molar-refractivity contribution is -0.157. The fraction of sp³-hybridized carbons (Fsp3) is 0.467. The van der Waals surface area contributed by atoms with Crippen LogP contribution in [0.2, 0.25) is 0 Å². The maximum Gasteiger partial charge on any atom is 0.416 e. The minimum absolute atomic E-state index is 0.0313. The molecule has 4 nitrogen and oxygen atoms in total. The summed E-state index contributed by atoms with van der Waals surface area (Å²) in [7, 11) is 1.50. The van der Waals surface area contributed by atoms with E-state index in [1.807, 2.05) is 0 Å². The summed E-state index contributed by atoms with van der Waals surface area (Å²) in [6.07, 6.45) is -8.79. The molecule has 142 valence electrons. The molecule has 0 spiro atoms. The fourth-order valence-corrected chi connectivity index (χ4v) is 3.79. The highest BCUT2D eigenvalue weighted by Crippen LogP contribution is 2.36. The predicted octanol–water partition coefficient (Wildman–Crippen LogP) is 3.91. The Morgan fingerprint density at radius 2 is 1.96 bits per heavy atom. The number of halogens is 6. The van der Waals surface area contributed by atoms with Gasteiger partial charge in [0.05, 0.1) is 15.8 Å². The summed E-state index contributed by atoms with van der Waals surface area (Å²) in [5.41, 5.74) is -0.706. The molecule has 1 aliphatic rings. The van der Waals surface area contributed by atoms with Crippen molar-refractivity contribution in [2.45, 2.75) is 24.8 Å². The molecule has 1 aliphatic heterocycles. The van der Waals surface area contributed by atoms with Crippen LogP contribution in [0.4, 0.5) is 31.5 Å². The van der Waals surface area contributed by atoms with E-state index in [0.29, 0.717) is 4.70 Å². The molecule has 1 aromatic carbocycles. The number of carbonyl (C=O) groups is 1. The molecule has 0 saturated carbocycles. The molecule has 1 unspecified atom stereocenters. The minimum Gasteiger partial charge on any atom is -0.339 e. The molecule has 2 heterocycles. The minimum atomic E-state index is -4.50. The van der Waals surface area contributed by atoms with Crippen LogP contribution in [0.3, 0.4) is 0 Å². The van der Waals surface area contributed by atoms with Crippen molar-refractivity contribution in [2.75, 3.05) is 25.0 Å². The average molecular weight is 397 g/mol. The van der Waals surface area contributed by atoms with Crippen molar-refractivity contribution in [3.05, 3.63) is 23.8 Å². The zero-order valence-corrected chi connectivity index (χ0v) is 14.2. The third-order valence-corrected chi connectivity index (χ3v) is 5.24. The van der Waals surface area contributed by atoms with Crippen LogP contribution < -0.4 is 4.90 Å². The molecule has 0 aliphatic carbocycles. The van der Waals surface area contributed by atoms with Gasteiger partial charge in [0.15, 0.2) is 5.13 Å². The van der Waals surface area contributed by atoms with Crippen LogP contribution in [0, 0.1) is 0 Å². The highest BCUT2D eigenvalue weighted by molar-refractivity contribution is 7.22. The number of fused-ring (bicyclic) bond motifs is 1. The van der Waals surface area contributed by atoms with Crippen LogP contribution in [0.1, 0.15) is 12.0 Å². The number of benzene rings is 1. The summed E-state index contributed by atoms with van der Waals surface area (Å²) in [4.78, 5) is 18.5. The third-order valence-electron chi connectivity index (χ3n) is 4.11. The van der Waals surface area contributed by atoms with Gasteiger partial charge in [0.25, 0.3) is 0 Å². The van der Waals surface area contributed by atoms with Crippen LogP contribution in [-0.2, 0) is 11.0 Å². The van der Waals surface area contributed by atoms with E-state index in [0.717, 1.165) is 28.4 Å². The molecule has 1 saturated heterocycles. The highest BCUT2D eigenvalue weighted by atomic mass is 32.1. The van der Waals surface area contributed by atoms with Gasteiger partial charge >= 0.3 is 12.4 Å². The summed E-state index contributed by atoms with van der Waals surface area (Å²) in [5, 5.41) is 0.284. The van der Waals surface area contributed by atoms with E-state index >= 15 is 0 Å². The fourth-order valence-electron chi connectivity index (χ4n) is 2.83. The van der Waals surface area contributed by atoms with E-state index in [1.54, 1.807) is 0 Å². The van der Waals surface area contributed by atoms with Gasteiger partial charge in [-0.25, -0.2) is 4.98 Å². The number of anilines is 1. The first-order valence-corrected chi connectivity index (χ1v) is 8.33. The van der Waals surface area contributed by atoms with E-state index in [4.69, 9.17) is 0 Å². The van der Waals surface area contributed by atoms with Crippen molar-refractivity contribution in [3.8, 4) is 0 Å². The van der Waals surface area contributed by atoms with Gasteiger partial charge in [-0.3, -0.25) is 4.79 Å². The lowest BCUT2D eigenvalue weighted by atomic mass is 10.2. The van der Waals surface area contributed by atoms with Gasteiger partial charge in [-0.2, -0.15) is 26.3 Å². The number of amides is 1. The van der Waals surface area contributed by atoms with E-state index in [2.05, 4.69) is 4.98 Å². The first kappa shape index (κ1) is 18.7. The van der Waals surface area contributed by atoms with Crippen molar-refractivity contribution < 1.29 is 31.1 Å². The van der Waals surface area contributed by atoms with E-state index < -0.39 is 36.4 Å². The number of likely N-dealkylation sites (tertiary alicyclic amines) is 1. The summed E-state index contributed by atoms with van der Waals surface area (Å²) < 4.78 is 76.3. The first-order valence-electron chi connectivity index (χ1n) is 7.52. The lowest BCUT2D eigenvalue weighted by Gasteiger charge is -2.23. The van der Waals surface area contributed by atoms with Gasteiger partial charge < -0.3 is 9.80 Å². The molecule has 0 N–H and O–H groups in total. The highest BCUT2D eigenvalue weighted by Gasteiger charge is 2.41. The summed E-state index contributed by atoms with van der Waals surface area (Å²) in [6.45, 7) is -1.35. The molecule has 1 atom stereocenters. The second-order valence-electron chi connectivity index (χ2n) is 5.97. The molecule has 0 radical (unpaired) electrons. The quantitative estimate of drug-likeness (QED) is 0.737. The molecule has 11 heteroatoms. The Kier molecular flexibility index (Phi) is 4.53. The molecule has 1 amide bonds. The van der Waals surface area contributed by atoms with Crippen LogP contribution in [0.15, 0.2) is 18.2 Å². The smallest absolute Gasteiger partial charge is 0.339 e. The molecule has 3 rings (SSSR count). The number of rotatable bonds is 3. The standard InChI is InChI=1S/C15H13F6N3OS/c1-23(10-4-5-24(12(10)25)7-14(16,17)18)13-22-9-6-8(15(19,20)21)2-3-11(9)26-13/h2-3,6,10H,4-5,7H2,1H3. The normalized spacial score (nSPS) is 18.8. The van der Waals surface area contributed by atoms with Crippen LogP contribution >= 0.6 is 11.3 Å². The molecular formula is C15H13F6N3OS. The van der Waals surface area contributed by atoms with Crippen molar-refractivity contribution in [3.63, 3.8) is 0 Å². The monoisotopic (exact) mass is 397 g/mol. The van der Waals surface area contributed by atoms with Gasteiger partial charge in [0.1, 0.15) is 12.6 Å². The Labute approximate surface area is 148 Å². The van der Waals surface area contributed by atoms with Crippen molar-refractivity contribution in [1.82, 2.24) is 9.88 Å². The zero-order chi connectivity index (χ0) is 19.3. The Hall–Kier alpha value is -2.04. The number of hydrogen-bond donors (Lipinski definition) is 0. The van der Waals surface area contributed by atoms with E-state index in [-0.39, 0.29) is 23.6 Å². The number of aromatic nitrogens is 1. The predicted molar refractivity (Wildman–Crippen MR) is 84.1 cm³/mol. The number of likely N-dealkylation sites (N-methyl/N-ethyl adjacent to an activating group) is 1. The van der Waals surface area contributed by atoms with Crippen molar-refractivity contribution in [2.24, 2.45) is 0 Å². The molecule has 2 aromatic rings. The summed E-state index contributed by atoms with van der Waals surface area (Å²) >= 11 is 1.08. The van der Waals surface area contributed by atoms with E-state index in [1.165, 1.54) is 18.0 Å². The van der Waals surface area contributed by atoms with E-state index in [9.17, 15) is 31.1 Å². The second-order valence-corrected chi connectivity index (χ2v) is 6.98. The maximum atomic E-state index is 12.8. The molecule has 1 fully saturated rings. The number of alkyl halides is 6. The summed E-state index contributed by atoms with van der Waals surface area (Å²) in [6, 6.07) is 2.32. The Balaban J connectivity index is 1.82. The van der Waals surface area contributed by atoms with Crippen LogP contribution in [0.5, 0.6) is 0 Å².